The van der Waals surface area contributed by atoms with E-state index in [-0.39, 0.29) is 0 Å². The van der Waals surface area contributed by atoms with E-state index in [1.165, 1.54) is 0 Å². The Balaban J connectivity index is 2.40. The predicted molar refractivity (Wildman–Crippen MR) is 65.9 cm³/mol. The molecule has 0 aromatic carbocycles. The third-order valence-corrected chi connectivity index (χ3v) is 3.08. The van der Waals surface area contributed by atoms with Crippen LogP contribution in [0.2, 0.25) is 5.15 Å². The van der Waals surface area contributed by atoms with Crippen molar-refractivity contribution in [3.8, 4) is 0 Å². The van der Waals surface area contributed by atoms with Crippen molar-refractivity contribution in [2.45, 2.75) is 33.6 Å². The third kappa shape index (κ3) is 2.19. The molecule has 0 bridgehead atoms. The molecule has 0 fully saturated rings. The fourth-order valence-electron chi connectivity index (χ4n) is 1.66. The van der Waals surface area contributed by atoms with E-state index < -0.39 is 0 Å². The summed E-state index contributed by atoms with van der Waals surface area (Å²) >= 11 is 6.11. The SMILES string of the molecule is CCC(C)Cc1nc2cc(C)cc(Cl)n2n1. The van der Waals surface area contributed by atoms with E-state index >= 15 is 0 Å². The topological polar surface area (TPSA) is 30.2 Å². The maximum Gasteiger partial charge on any atom is 0.157 e. The van der Waals surface area contributed by atoms with Gasteiger partial charge in [-0.05, 0) is 30.5 Å². The van der Waals surface area contributed by atoms with Crippen LogP contribution in [0.3, 0.4) is 0 Å². The van der Waals surface area contributed by atoms with Gasteiger partial charge in [-0.25, -0.2) is 9.50 Å². The van der Waals surface area contributed by atoms with Crippen LogP contribution in [0.15, 0.2) is 12.1 Å². The normalized spacial score (nSPS) is 13.2. The number of aromatic nitrogens is 3. The number of fused-ring (bicyclic) bond motifs is 1. The summed E-state index contributed by atoms with van der Waals surface area (Å²) in [6.07, 6.45) is 2.05. The van der Waals surface area contributed by atoms with Crippen LogP contribution in [0.1, 0.15) is 31.7 Å². The molecule has 2 aromatic rings. The van der Waals surface area contributed by atoms with Crippen LogP contribution in [0.4, 0.5) is 0 Å². The van der Waals surface area contributed by atoms with E-state index in [2.05, 4.69) is 23.9 Å². The summed E-state index contributed by atoms with van der Waals surface area (Å²) in [6.45, 7) is 6.39. The molecule has 1 unspecified atom stereocenters. The zero-order valence-electron chi connectivity index (χ0n) is 9.87. The molecule has 4 heteroatoms. The minimum Gasteiger partial charge on any atom is -0.212 e. The second kappa shape index (κ2) is 4.42. The second-order valence-electron chi connectivity index (χ2n) is 4.37. The van der Waals surface area contributed by atoms with Gasteiger partial charge in [0.05, 0.1) is 0 Å². The van der Waals surface area contributed by atoms with Gasteiger partial charge >= 0.3 is 0 Å². The van der Waals surface area contributed by atoms with Crippen LogP contribution >= 0.6 is 11.6 Å². The Hall–Kier alpha value is -1.09. The number of rotatable bonds is 3. The molecule has 2 aromatic heterocycles. The molecule has 2 rings (SSSR count). The van der Waals surface area contributed by atoms with Crippen LogP contribution < -0.4 is 0 Å². The highest BCUT2D eigenvalue weighted by Gasteiger charge is 2.09. The number of hydrogen-bond donors (Lipinski definition) is 0. The molecule has 0 amide bonds. The molecule has 0 aliphatic carbocycles. The first-order valence-corrected chi connectivity index (χ1v) is 5.99. The largest absolute Gasteiger partial charge is 0.212 e. The molecule has 0 saturated carbocycles. The first-order chi connectivity index (χ1) is 7.60. The number of nitrogens with zero attached hydrogens (tertiary/aromatic N) is 3. The van der Waals surface area contributed by atoms with Crippen LogP contribution in [0, 0.1) is 12.8 Å². The average molecular weight is 238 g/mol. The van der Waals surface area contributed by atoms with E-state index in [0.29, 0.717) is 11.1 Å². The summed E-state index contributed by atoms with van der Waals surface area (Å²) in [5.41, 5.74) is 1.95. The smallest absolute Gasteiger partial charge is 0.157 e. The molecule has 1 atom stereocenters. The fraction of sp³-hybridized carbons (Fsp3) is 0.500. The van der Waals surface area contributed by atoms with Crippen molar-refractivity contribution in [2.75, 3.05) is 0 Å². The van der Waals surface area contributed by atoms with Crippen molar-refractivity contribution in [1.29, 1.82) is 0 Å². The highest BCUT2D eigenvalue weighted by molar-refractivity contribution is 6.29. The molecule has 0 N–H and O–H groups in total. The van der Waals surface area contributed by atoms with Crippen molar-refractivity contribution in [1.82, 2.24) is 14.6 Å². The van der Waals surface area contributed by atoms with E-state index in [1.807, 2.05) is 19.1 Å². The van der Waals surface area contributed by atoms with Crippen LogP contribution in [0.25, 0.3) is 5.65 Å². The fourth-order valence-corrected chi connectivity index (χ4v) is 1.95. The molecule has 86 valence electrons. The van der Waals surface area contributed by atoms with Gasteiger partial charge < -0.3 is 0 Å². The van der Waals surface area contributed by atoms with E-state index in [4.69, 9.17) is 11.6 Å². The number of pyridine rings is 1. The molecular formula is C12H16ClN3. The van der Waals surface area contributed by atoms with Gasteiger partial charge in [-0.15, -0.1) is 5.10 Å². The van der Waals surface area contributed by atoms with Gasteiger partial charge in [0.2, 0.25) is 0 Å². The van der Waals surface area contributed by atoms with E-state index in [9.17, 15) is 0 Å². The average Bonchev–Trinajstić information content (AvgIpc) is 2.60. The summed E-state index contributed by atoms with van der Waals surface area (Å²) in [6, 6.07) is 3.90. The van der Waals surface area contributed by atoms with Gasteiger partial charge in [-0.3, -0.25) is 0 Å². The van der Waals surface area contributed by atoms with Crippen LogP contribution in [0.5, 0.6) is 0 Å². The lowest BCUT2D eigenvalue weighted by Crippen LogP contribution is -2.00. The Bertz CT molecular complexity index is 504. The van der Waals surface area contributed by atoms with Gasteiger partial charge in [-0.2, -0.15) is 0 Å². The summed E-state index contributed by atoms with van der Waals surface area (Å²) in [4.78, 5) is 4.49. The number of aryl methyl sites for hydroxylation is 1. The van der Waals surface area contributed by atoms with Crippen LogP contribution in [-0.4, -0.2) is 14.6 Å². The zero-order chi connectivity index (χ0) is 11.7. The highest BCUT2D eigenvalue weighted by Crippen LogP contribution is 2.16. The summed E-state index contributed by atoms with van der Waals surface area (Å²) < 4.78 is 1.70. The van der Waals surface area contributed by atoms with Crippen LogP contribution in [-0.2, 0) is 6.42 Å². The first kappa shape index (κ1) is 11.4. The molecule has 0 spiro atoms. The minimum absolute atomic E-state index is 0.609. The Morgan fingerprint density at radius 2 is 2.19 bits per heavy atom. The maximum absolute atomic E-state index is 6.11. The van der Waals surface area contributed by atoms with Crippen molar-refractivity contribution < 1.29 is 0 Å². The Labute approximate surface area is 100 Å². The van der Waals surface area contributed by atoms with Gasteiger partial charge in [-0.1, -0.05) is 31.9 Å². The highest BCUT2D eigenvalue weighted by atomic mass is 35.5. The molecule has 0 aliphatic heterocycles. The molecule has 0 aliphatic rings. The second-order valence-corrected chi connectivity index (χ2v) is 4.76. The minimum atomic E-state index is 0.609. The quantitative estimate of drug-likeness (QED) is 0.767. The number of hydrogen-bond acceptors (Lipinski definition) is 2. The van der Waals surface area contributed by atoms with Crippen molar-refractivity contribution in [3.05, 3.63) is 28.7 Å². The molecule has 16 heavy (non-hydrogen) atoms. The van der Waals surface area contributed by atoms with Crippen molar-refractivity contribution in [3.63, 3.8) is 0 Å². The Morgan fingerprint density at radius 1 is 1.44 bits per heavy atom. The Morgan fingerprint density at radius 3 is 2.88 bits per heavy atom. The van der Waals surface area contributed by atoms with Gasteiger partial charge in [0.15, 0.2) is 11.5 Å². The van der Waals surface area contributed by atoms with Gasteiger partial charge in [0, 0.05) is 6.42 Å². The number of halogens is 1. The zero-order valence-corrected chi connectivity index (χ0v) is 10.6. The lowest BCUT2D eigenvalue weighted by molar-refractivity contribution is 0.543. The Kier molecular flexibility index (Phi) is 3.15. The molecular weight excluding hydrogens is 222 g/mol. The summed E-state index contributed by atoms with van der Waals surface area (Å²) in [7, 11) is 0. The molecule has 0 radical (unpaired) electrons. The van der Waals surface area contributed by atoms with Gasteiger partial charge in [0.25, 0.3) is 0 Å². The van der Waals surface area contributed by atoms with Crippen molar-refractivity contribution >= 4 is 17.2 Å². The lowest BCUT2D eigenvalue weighted by atomic mass is 10.1. The molecule has 3 nitrogen and oxygen atoms in total. The predicted octanol–water partition coefficient (Wildman–Crippen LogP) is 3.28. The standard InChI is InChI=1S/C12H16ClN3/c1-4-8(2)6-11-14-12-7-9(3)5-10(13)16(12)15-11/h5,7-8H,4,6H2,1-3H3. The monoisotopic (exact) mass is 237 g/mol. The van der Waals surface area contributed by atoms with Gasteiger partial charge in [0.1, 0.15) is 5.15 Å². The maximum atomic E-state index is 6.11. The first-order valence-electron chi connectivity index (χ1n) is 5.62. The third-order valence-electron chi connectivity index (χ3n) is 2.81. The van der Waals surface area contributed by atoms with Crippen molar-refractivity contribution in [2.24, 2.45) is 5.92 Å². The summed E-state index contributed by atoms with van der Waals surface area (Å²) in [5, 5.41) is 5.04. The van der Waals surface area contributed by atoms with E-state index in [0.717, 1.165) is 29.9 Å². The van der Waals surface area contributed by atoms with E-state index in [1.54, 1.807) is 4.52 Å². The molecule has 2 heterocycles. The lowest BCUT2D eigenvalue weighted by Gasteiger charge is -2.02. The summed E-state index contributed by atoms with van der Waals surface area (Å²) in [5.74, 6) is 1.49. The molecule has 0 saturated heterocycles.